The van der Waals surface area contributed by atoms with Crippen molar-refractivity contribution in [2.75, 3.05) is 52.5 Å². The zero-order valence-corrected chi connectivity index (χ0v) is 18.8. The maximum absolute atomic E-state index is 5.38. The molecule has 154 valence electrons. The molecule has 0 amide bonds. The molecular formula is C20H31IN6O. The molecule has 8 heteroatoms. The summed E-state index contributed by atoms with van der Waals surface area (Å²) >= 11 is 0. The normalized spacial score (nSPS) is 15.1. The van der Waals surface area contributed by atoms with Crippen molar-refractivity contribution in [3.63, 3.8) is 0 Å². The lowest BCUT2D eigenvalue weighted by atomic mass is 10.2. The van der Waals surface area contributed by atoms with E-state index in [0.717, 1.165) is 70.6 Å². The van der Waals surface area contributed by atoms with E-state index < -0.39 is 0 Å². The number of morpholine rings is 1. The molecule has 2 heterocycles. The van der Waals surface area contributed by atoms with Gasteiger partial charge in [0.2, 0.25) is 0 Å². The first-order chi connectivity index (χ1) is 13.3. The smallest absolute Gasteiger partial charge is 0.191 e. The second kappa shape index (κ2) is 12.7. The Kier molecular flexibility index (Phi) is 10.3. The number of aliphatic imine (C=N–C) groups is 1. The molecule has 1 aromatic heterocycles. The van der Waals surface area contributed by atoms with E-state index in [4.69, 9.17) is 4.74 Å². The maximum atomic E-state index is 5.38. The fourth-order valence-corrected chi connectivity index (χ4v) is 3.01. The number of benzene rings is 1. The monoisotopic (exact) mass is 498 g/mol. The van der Waals surface area contributed by atoms with Crippen LogP contribution in [0.4, 0.5) is 0 Å². The van der Waals surface area contributed by atoms with Gasteiger partial charge in [-0.15, -0.1) is 24.0 Å². The van der Waals surface area contributed by atoms with Crippen LogP contribution in [0.2, 0.25) is 0 Å². The van der Waals surface area contributed by atoms with Crippen LogP contribution in [0.3, 0.4) is 0 Å². The van der Waals surface area contributed by atoms with Gasteiger partial charge in [-0.05, 0) is 31.0 Å². The number of hydrogen-bond donors (Lipinski definition) is 2. The Bertz CT molecular complexity index is 700. The molecule has 7 nitrogen and oxygen atoms in total. The minimum absolute atomic E-state index is 0. The largest absolute Gasteiger partial charge is 0.379 e. The molecule has 1 fully saturated rings. The molecule has 1 aliphatic rings. The van der Waals surface area contributed by atoms with E-state index >= 15 is 0 Å². The zero-order chi connectivity index (χ0) is 18.7. The Balaban J connectivity index is 0.00000280. The van der Waals surface area contributed by atoms with E-state index in [1.54, 1.807) is 0 Å². The van der Waals surface area contributed by atoms with E-state index in [2.05, 4.69) is 50.9 Å². The van der Waals surface area contributed by atoms with Crippen LogP contribution >= 0.6 is 24.0 Å². The second-order valence-corrected chi connectivity index (χ2v) is 6.52. The fourth-order valence-electron chi connectivity index (χ4n) is 3.01. The third-order valence-corrected chi connectivity index (χ3v) is 4.50. The van der Waals surface area contributed by atoms with Gasteiger partial charge in [0.15, 0.2) is 5.96 Å². The Hall–Kier alpha value is -1.65. The van der Waals surface area contributed by atoms with Gasteiger partial charge < -0.3 is 15.4 Å². The SMILES string of the molecule is CCNC(=NCCN1CCOCC1)NCCc1cnn(-c2ccccc2)c1.I. The fraction of sp³-hybridized carbons (Fsp3) is 0.500. The minimum atomic E-state index is 0. The molecule has 1 aliphatic heterocycles. The molecule has 3 rings (SSSR count). The molecule has 0 spiro atoms. The summed E-state index contributed by atoms with van der Waals surface area (Å²) in [7, 11) is 0. The first-order valence-electron chi connectivity index (χ1n) is 9.76. The molecule has 0 bridgehead atoms. The number of ether oxygens (including phenoxy) is 1. The van der Waals surface area contributed by atoms with Gasteiger partial charge in [-0.3, -0.25) is 9.89 Å². The van der Waals surface area contributed by atoms with Crippen LogP contribution in [0.25, 0.3) is 5.69 Å². The van der Waals surface area contributed by atoms with Crippen LogP contribution < -0.4 is 10.6 Å². The van der Waals surface area contributed by atoms with Crippen molar-refractivity contribution in [3.05, 3.63) is 48.3 Å². The molecule has 0 atom stereocenters. The van der Waals surface area contributed by atoms with E-state index in [1.165, 1.54) is 5.56 Å². The summed E-state index contributed by atoms with van der Waals surface area (Å²) < 4.78 is 7.30. The van der Waals surface area contributed by atoms with Gasteiger partial charge in [0.25, 0.3) is 0 Å². The molecule has 0 aliphatic carbocycles. The number of nitrogens with one attached hydrogen (secondary N) is 2. The van der Waals surface area contributed by atoms with Crippen LogP contribution in [0, 0.1) is 0 Å². The van der Waals surface area contributed by atoms with Crippen molar-refractivity contribution < 1.29 is 4.74 Å². The highest BCUT2D eigenvalue weighted by atomic mass is 127. The topological polar surface area (TPSA) is 66.7 Å². The van der Waals surface area contributed by atoms with Crippen molar-refractivity contribution in [3.8, 4) is 5.69 Å². The van der Waals surface area contributed by atoms with Crippen molar-refractivity contribution in [1.82, 2.24) is 25.3 Å². The van der Waals surface area contributed by atoms with Gasteiger partial charge in [-0.25, -0.2) is 4.68 Å². The lowest BCUT2D eigenvalue weighted by Crippen LogP contribution is -2.40. The quantitative estimate of drug-likeness (QED) is 0.331. The number of nitrogens with zero attached hydrogens (tertiary/aromatic N) is 4. The van der Waals surface area contributed by atoms with Gasteiger partial charge in [0.05, 0.1) is 31.6 Å². The zero-order valence-electron chi connectivity index (χ0n) is 16.5. The van der Waals surface area contributed by atoms with Gasteiger partial charge in [-0.2, -0.15) is 5.10 Å². The summed E-state index contributed by atoms with van der Waals surface area (Å²) in [5.41, 5.74) is 2.28. The van der Waals surface area contributed by atoms with Gasteiger partial charge in [0.1, 0.15) is 0 Å². The number of guanidine groups is 1. The van der Waals surface area contributed by atoms with Crippen LogP contribution in [-0.4, -0.2) is 73.1 Å². The predicted octanol–water partition coefficient (Wildman–Crippen LogP) is 1.92. The van der Waals surface area contributed by atoms with Crippen molar-refractivity contribution >= 4 is 29.9 Å². The van der Waals surface area contributed by atoms with Crippen molar-refractivity contribution in [2.24, 2.45) is 4.99 Å². The van der Waals surface area contributed by atoms with Gasteiger partial charge >= 0.3 is 0 Å². The van der Waals surface area contributed by atoms with E-state index in [1.807, 2.05) is 29.1 Å². The summed E-state index contributed by atoms with van der Waals surface area (Å²) in [6.45, 7) is 9.21. The van der Waals surface area contributed by atoms with Crippen LogP contribution in [-0.2, 0) is 11.2 Å². The Morgan fingerprint density at radius 3 is 2.71 bits per heavy atom. The van der Waals surface area contributed by atoms with E-state index in [0.29, 0.717) is 0 Å². The Labute approximate surface area is 184 Å². The first kappa shape index (κ1) is 22.6. The van der Waals surface area contributed by atoms with Gasteiger partial charge in [0, 0.05) is 38.9 Å². The molecule has 2 N–H and O–H groups in total. The number of halogens is 1. The lowest BCUT2D eigenvalue weighted by Gasteiger charge is -2.25. The summed E-state index contributed by atoms with van der Waals surface area (Å²) in [6.07, 6.45) is 4.91. The molecule has 0 saturated carbocycles. The summed E-state index contributed by atoms with van der Waals surface area (Å²) in [4.78, 5) is 7.08. The van der Waals surface area contributed by atoms with Crippen molar-refractivity contribution in [2.45, 2.75) is 13.3 Å². The number of para-hydroxylation sites is 1. The molecular weight excluding hydrogens is 467 g/mol. The Morgan fingerprint density at radius 2 is 1.96 bits per heavy atom. The van der Waals surface area contributed by atoms with Crippen LogP contribution in [0.5, 0.6) is 0 Å². The standard InChI is InChI=1S/C20H30N6O.HI/c1-2-21-20(23-10-11-25-12-14-27-15-13-25)22-9-8-18-16-24-26(17-18)19-6-4-3-5-7-19;/h3-7,16-17H,2,8-15H2,1H3,(H2,21,22,23);1H. The summed E-state index contributed by atoms with van der Waals surface area (Å²) in [6, 6.07) is 10.2. The average Bonchev–Trinajstić information content (AvgIpc) is 3.18. The minimum Gasteiger partial charge on any atom is -0.379 e. The molecule has 28 heavy (non-hydrogen) atoms. The molecule has 2 aromatic rings. The van der Waals surface area contributed by atoms with Gasteiger partial charge in [-0.1, -0.05) is 18.2 Å². The van der Waals surface area contributed by atoms with Crippen LogP contribution in [0.15, 0.2) is 47.7 Å². The highest BCUT2D eigenvalue weighted by Crippen LogP contribution is 2.07. The van der Waals surface area contributed by atoms with Crippen LogP contribution in [0.1, 0.15) is 12.5 Å². The third-order valence-electron chi connectivity index (χ3n) is 4.50. The molecule has 0 radical (unpaired) electrons. The first-order valence-corrected chi connectivity index (χ1v) is 9.76. The highest BCUT2D eigenvalue weighted by Gasteiger charge is 2.09. The summed E-state index contributed by atoms with van der Waals surface area (Å²) in [5, 5.41) is 11.2. The molecule has 1 saturated heterocycles. The lowest BCUT2D eigenvalue weighted by molar-refractivity contribution is 0.0394. The third kappa shape index (κ3) is 7.40. The number of hydrogen-bond acceptors (Lipinski definition) is 4. The maximum Gasteiger partial charge on any atom is 0.191 e. The summed E-state index contributed by atoms with van der Waals surface area (Å²) in [5.74, 6) is 0.876. The van der Waals surface area contributed by atoms with Crippen molar-refractivity contribution in [1.29, 1.82) is 0 Å². The van der Waals surface area contributed by atoms with E-state index in [-0.39, 0.29) is 24.0 Å². The Morgan fingerprint density at radius 1 is 1.18 bits per heavy atom. The molecule has 1 aromatic carbocycles. The van der Waals surface area contributed by atoms with E-state index in [9.17, 15) is 0 Å². The number of aromatic nitrogens is 2. The number of rotatable bonds is 8. The second-order valence-electron chi connectivity index (χ2n) is 6.52. The molecule has 0 unspecified atom stereocenters. The highest BCUT2D eigenvalue weighted by molar-refractivity contribution is 14.0. The predicted molar refractivity (Wildman–Crippen MR) is 124 cm³/mol. The average molecular weight is 498 g/mol.